The van der Waals surface area contributed by atoms with Gasteiger partial charge in [-0.15, -0.1) is 0 Å². The fourth-order valence-electron chi connectivity index (χ4n) is 0.672. The maximum atomic E-state index is 8.52. The summed E-state index contributed by atoms with van der Waals surface area (Å²) in [7, 11) is -5.17. The van der Waals surface area contributed by atoms with E-state index in [2.05, 4.69) is 6.58 Å². The van der Waals surface area contributed by atoms with Crippen LogP contribution in [0.4, 0.5) is 0 Å². The molecule has 0 fully saturated rings. The van der Waals surface area contributed by atoms with Crippen molar-refractivity contribution in [2.45, 2.75) is 0 Å². The van der Waals surface area contributed by atoms with Crippen LogP contribution in [0, 0.1) is 0 Å². The van der Waals surface area contributed by atoms with E-state index in [1.165, 1.54) is 0 Å². The third-order valence-corrected chi connectivity index (χ3v) is 1.11. The van der Waals surface area contributed by atoms with Crippen LogP contribution in [0.3, 0.4) is 0 Å². The second-order valence-corrected chi connectivity index (χ2v) is 3.14. The van der Waals surface area contributed by atoms with Crippen LogP contribution in [0.1, 0.15) is 0 Å². The summed E-state index contributed by atoms with van der Waals surface area (Å²) in [4.78, 5) is 0. The van der Waals surface area contributed by atoms with Crippen molar-refractivity contribution in [3.05, 3.63) is 43.0 Å². The largest absolute Gasteiger partial charge is 1.00 e. The van der Waals surface area contributed by atoms with E-state index in [1.807, 2.05) is 30.3 Å². The minimum absolute atomic E-state index is 0. The monoisotopic (exact) mass is 276 g/mol. The molecule has 0 aliphatic carbocycles. The Morgan fingerprint density at radius 1 is 1.18 bits per heavy atom. The maximum Gasteiger partial charge on any atom is 1.00 e. The molecule has 1 rings (SSSR count). The van der Waals surface area contributed by atoms with E-state index in [4.69, 9.17) is 22.3 Å². The van der Waals surface area contributed by atoms with E-state index >= 15 is 0 Å². The van der Waals surface area contributed by atoms with Crippen molar-refractivity contribution < 1.29 is 81.4 Å². The van der Waals surface area contributed by atoms with Crippen LogP contribution in [-0.4, -0.2) is 24.1 Å². The first kappa shape index (κ1) is 22.8. The summed E-state index contributed by atoms with van der Waals surface area (Å²) in [5.74, 6) is 0.891. The van der Waals surface area contributed by atoms with E-state index in [-0.39, 0.29) is 59.1 Å². The molecule has 17 heavy (non-hydrogen) atoms. The zero-order valence-electron chi connectivity index (χ0n) is 9.83. The molecular formula is C9H10Na2O5S. The van der Waals surface area contributed by atoms with Crippen LogP contribution in [0.25, 0.3) is 0 Å². The molecule has 0 saturated heterocycles. The minimum Gasteiger partial charge on any atom is -0.759 e. The molecular weight excluding hydrogens is 266 g/mol. The Morgan fingerprint density at radius 3 is 1.94 bits per heavy atom. The molecule has 0 aliphatic heterocycles. The van der Waals surface area contributed by atoms with Crippen molar-refractivity contribution in [3.63, 3.8) is 0 Å². The smallest absolute Gasteiger partial charge is 0.759 e. The van der Waals surface area contributed by atoms with Gasteiger partial charge in [0.2, 0.25) is 0 Å². The predicted molar refractivity (Wildman–Crippen MR) is 52.6 cm³/mol. The predicted octanol–water partition coefficient (Wildman–Crippen LogP) is -5.08. The number of ether oxygens (including phenoxy) is 1. The molecule has 0 unspecified atom stereocenters. The van der Waals surface area contributed by atoms with E-state index in [0.717, 1.165) is 5.75 Å². The van der Waals surface area contributed by atoms with Crippen molar-refractivity contribution in [1.29, 1.82) is 0 Å². The molecule has 5 nitrogen and oxygen atoms in total. The van der Waals surface area contributed by atoms with Gasteiger partial charge in [-0.05, 0) is 12.1 Å². The van der Waals surface area contributed by atoms with Gasteiger partial charge >= 0.3 is 59.1 Å². The maximum absolute atomic E-state index is 8.52. The normalized spacial score (nSPS) is 8.59. The average molecular weight is 276 g/mol. The topological polar surface area (TPSA) is 89.5 Å². The van der Waals surface area contributed by atoms with Crippen molar-refractivity contribution in [2.24, 2.45) is 0 Å². The second-order valence-electron chi connectivity index (χ2n) is 2.32. The molecule has 8 heteroatoms. The zero-order valence-corrected chi connectivity index (χ0v) is 14.6. The number of para-hydroxylation sites is 1. The molecule has 0 saturated carbocycles. The van der Waals surface area contributed by atoms with Crippen LogP contribution in [0.15, 0.2) is 43.0 Å². The summed E-state index contributed by atoms with van der Waals surface area (Å²) in [5, 5.41) is 0. The van der Waals surface area contributed by atoms with Gasteiger partial charge in [-0.2, -0.15) is 0 Å². The summed E-state index contributed by atoms with van der Waals surface area (Å²) >= 11 is 0. The van der Waals surface area contributed by atoms with Crippen LogP contribution >= 0.6 is 0 Å². The Kier molecular flexibility index (Phi) is 17.5. The first-order valence-corrected chi connectivity index (χ1v) is 5.22. The fourth-order valence-corrected chi connectivity index (χ4v) is 0.672. The van der Waals surface area contributed by atoms with E-state index in [1.54, 1.807) is 6.08 Å². The number of hydrogen-bond acceptors (Lipinski definition) is 5. The Labute approximate surface area is 145 Å². The summed E-state index contributed by atoms with van der Waals surface area (Å²) in [6, 6.07) is 9.69. The van der Waals surface area contributed by atoms with Crippen molar-refractivity contribution >= 4 is 10.4 Å². The molecule has 84 valence electrons. The summed E-state index contributed by atoms with van der Waals surface area (Å²) < 4.78 is 39.3. The zero-order chi connectivity index (χ0) is 11.7. The molecule has 0 N–H and O–H groups in total. The number of hydrogen-bond donors (Lipinski definition) is 0. The van der Waals surface area contributed by atoms with Crippen LogP contribution in [-0.2, 0) is 10.4 Å². The summed E-state index contributed by atoms with van der Waals surface area (Å²) in [5.41, 5.74) is 0. The molecule has 0 aliphatic rings. The van der Waals surface area contributed by atoms with Gasteiger partial charge in [0.05, 0.1) is 0 Å². The van der Waals surface area contributed by atoms with E-state index in [9.17, 15) is 0 Å². The molecule has 0 atom stereocenters. The Bertz CT molecular complexity index is 372. The average Bonchev–Trinajstić information content (AvgIpc) is 2.14. The second kappa shape index (κ2) is 13.1. The minimum atomic E-state index is -5.17. The van der Waals surface area contributed by atoms with Gasteiger partial charge in [-0.3, -0.25) is 8.42 Å². The summed E-state index contributed by atoms with van der Waals surface area (Å²) in [6.07, 6.45) is 1.73. The van der Waals surface area contributed by atoms with Gasteiger partial charge in [0.15, 0.2) is 0 Å². The molecule has 0 bridgehead atoms. The molecule has 0 heterocycles. The molecule has 1 aromatic carbocycles. The quantitative estimate of drug-likeness (QED) is 0.238. The molecule has 1 aromatic rings. The van der Waals surface area contributed by atoms with Crippen LogP contribution < -0.4 is 63.9 Å². The van der Waals surface area contributed by atoms with Crippen LogP contribution in [0.5, 0.6) is 5.75 Å². The van der Waals surface area contributed by atoms with Gasteiger partial charge in [0.25, 0.3) is 0 Å². The molecule has 0 radical (unpaired) electrons. The number of benzene rings is 1. The SMILES string of the molecule is C=CCOc1ccccc1.O=S(=O)([O-])[O-].[Na+].[Na+]. The Morgan fingerprint density at radius 2 is 1.59 bits per heavy atom. The van der Waals surface area contributed by atoms with Crippen molar-refractivity contribution in [1.82, 2.24) is 0 Å². The molecule has 0 spiro atoms. The number of rotatable bonds is 3. The third kappa shape index (κ3) is 22.3. The van der Waals surface area contributed by atoms with E-state index in [0.29, 0.717) is 6.61 Å². The van der Waals surface area contributed by atoms with Gasteiger partial charge in [-0.25, -0.2) is 0 Å². The van der Waals surface area contributed by atoms with Crippen LogP contribution in [0.2, 0.25) is 0 Å². The van der Waals surface area contributed by atoms with E-state index < -0.39 is 10.4 Å². The van der Waals surface area contributed by atoms with Gasteiger partial charge in [0.1, 0.15) is 12.4 Å². The first-order chi connectivity index (χ1) is 6.93. The van der Waals surface area contributed by atoms with Gasteiger partial charge in [-0.1, -0.05) is 30.9 Å². The summed E-state index contributed by atoms with van der Waals surface area (Å²) in [6.45, 7) is 4.12. The van der Waals surface area contributed by atoms with Gasteiger partial charge in [0, 0.05) is 10.4 Å². The van der Waals surface area contributed by atoms with Gasteiger partial charge < -0.3 is 13.8 Å². The molecule has 0 aromatic heterocycles. The standard InChI is InChI=1S/C9H10O.2Na.H2O4S/c1-2-8-10-9-6-4-3-5-7-9;;;1-5(2,3)4/h2-7H,1,8H2;;;(H2,1,2,3,4)/q;2*+1;/p-2. The Balaban J connectivity index is -0.000000247. The fraction of sp³-hybridized carbons (Fsp3) is 0.111. The van der Waals surface area contributed by atoms with Crippen molar-refractivity contribution in [3.8, 4) is 5.75 Å². The first-order valence-electron chi connectivity index (χ1n) is 3.89. The molecule has 0 amide bonds. The third-order valence-electron chi connectivity index (χ3n) is 1.11. The Hall–Kier alpha value is 0.630. The van der Waals surface area contributed by atoms with Crippen molar-refractivity contribution in [2.75, 3.05) is 6.61 Å².